The highest BCUT2D eigenvalue weighted by molar-refractivity contribution is 6.26. The summed E-state index contributed by atoms with van der Waals surface area (Å²) in [5.74, 6) is 0. The second-order valence-corrected chi connectivity index (χ2v) is 1.57. The molecule has 4 N–H and O–H groups in total. The molecule has 0 rings (SSSR count). The Morgan fingerprint density at radius 3 is 2.62 bits per heavy atom. The normalized spacial score (nSPS) is 9.25. The molecule has 0 saturated heterocycles. The molecular formula is C4H13BN2O. The van der Waals surface area contributed by atoms with Gasteiger partial charge >= 0.3 is 0 Å². The van der Waals surface area contributed by atoms with Gasteiger partial charge in [0.2, 0.25) is 0 Å². The molecule has 0 aromatic heterocycles. The molecule has 0 aromatic carbocycles. The van der Waals surface area contributed by atoms with Gasteiger partial charge < -0.3 is 16.1 Å². The Balaban J connectivity index is 2.53. The average molecular weight is 116 g/mol. The summed E-state index contributed by atoms with van der Waals surface area (Å²) < 4.78 is 4.86. The fourth-order valence-electron chi connectivity index (χ4n) is 0.432. The van der Waals surface area contributed by atoms with Crippen LogP contribution in [0.15, 0.2) is 0 Å². The Morgan fingerprint density at radius 2 is 2.12 bits per heavy atom. The van der Waals surface area contributed by atoms with Gasteiger partial charge in [-0.15, -0.1) is 0 Å². The molecular weight excluding hydrogens is 103 g/mol. The molecule has 0 saturated carbocycles. The van der Waals surface area contributed by atoms with Gasteiger partial charge in [-0.1, -0.05) is 0 Å². The third kappa shape index (κ3) is 5.94. The molecule has 0 spiro atoms. The van der Waals surface area contributed by atoms with Gasteiger partial charge in [-0.2, -0.15) is 0 Å². The molecule has 0 unspecified atom stereocenters. The second kappa shape index (κ2) is 6.94. The Morgan fingerprint density at radius 1 is 1.38 bits per heavy atom. The first-order valence-electron chi connectivity index (χ1n) is 2.89. The van der Waals surface area contributed by atoms with Gasteiger partial charge in [0.25, 0.3) is 7.48 Å². The zero-order valence-electron chi connectivity index (χ0n) is 5.10. The van der Waals surface area contributed by atoms with Crippen molar-refractivity contribution in [1.29, 1.82) is 0 Å². The Kier molecular flexibility index (Phi) is 6.90. The van der Waals surface area contributed by atoms with Crippen LogP contribution in [0, 0.1) is 0 Å². The van der Waals surface area contributed by atoms with E-state index in [0.717, 1.165) is 26.8 Å². The summed E-state index contributed by atoms with van der Waals surface area (Å²) in [6.07, 6.45) is 2.05. The minimum absolute atomic E-state index is 0.324. The van der Waals surface area contributed by atoms with Crippen LogP contribution in [0.3, 0.4) is 0 Å². The smallest absolute Gasteiger partial charge is 0.276 e. The van der Waals surface area contributed by atoms with E-state index in [1.54, 1.807) is 0 Å². The van der Waals surface area contributed by atoms with Crippen molar-refractivity contribution in [3.63, 3.8) is 0 Å². The lowest BCUT2D eigenvalue weighted by molar-refractivity contribution is 0.348. The van der Waals surface area contributed by atoms with Crippen molar-refractivity contribution < 1.29 is 4.65 Å². The molecule has 0 atom stereocenters. The molecule has 8 heavy (non-hydrogen) atoms. The van der Waals surface area contributed by atoms with Crippen molar-refractivity contribution in [3.05, 3.63) is 0 Å². The van der Waals surface area contributed by atoms with Gasteiger partial charge in [-0.3, -0.25) is 0 Å². The van der Waals surface area contributed by atoms with E-state index in [0.29, 0.717) is 6.73 Å². The van der Waals surface area contributed by atoms with Crippen LogP contribution in [-0.4, -0.2) is 20.8 Å². The van der Waals surface area contributed by atoms with Gasteiger partial charge in [0.15, 0.2) is 0 Å². The molecule has 0 heterocycles. The molecule has 0 radical (unpaired) electrons. The first-order chi connectivity index (χ1) is 3.91. The molecule has 0 aliphatic heterocycles. The maximum Gasteiger partial charge on any atom is 0.276 e. The van der Waals surface area contributed by atoms with Crippen molar-refractivity contribution in [1.82, 2.24) is 0 Å². The number of hydrogen-bond acceptors (Lipinski definition) is 3. The van der Waals surface area contributed by atoms with E-state index < -0.39 is 0 Å². The second-order valence-electron chi connectivity index (χ2n) is 1.57. The molecule has 3 nitrogen and oxygen atoms in total. The summed E-state index contributed by atoms with van der Waals surface area (Å²) in [4.78, 5) is 0. The molecule has 48 valence electrons. The third-order valence-electron chi connectivity index (χ3n) is 0.861. The molecule has 0 fully saturated rings. The molecule has 0 aliphatic carbocycles. The van der Waals surface area contributed by atoms with Crippen molar-refractivity contribution >= 4 is 7.48 Å². The van der Waals surface area contributed by atoms with Gasteiger partial charge in [-0.05, 0) is 19.3 Å². The number of nitrogens with two attached hydrogens (primary N) is 2. The van der Waals surface area contributed by atoms with Crippen molar-refractivity contribution in [2.24, 2.45) is 11.5 Å². The molecule has 0 amide bonds. The largest absolute Gasteiger partial charge is 0.428 e. The number of rotatable bonds is 5. The van der Waals surface area contributed by atoms with Crippen molar-refractivity contribution in [2.75, 3.05) is 13.3 Å². The Bertz CT molecular complexity index is 39.0. The van der Waals surface area contributed by atoms with E-state index in [4.69, 9.17) is 16.1 Å². The van der Waals surface area contributed by atoms with Crippen LogP contribution < -0.4 is 11.5 Å². The van der Waals surface area contributed by atoms with Crippen molar-refractivity contribution in [2.45, 2.75) is 12.7 Å². The maximum absolute atomic E-state index is 5.22. The minimum atomic E-state index is 0.324. The fraction of sp³-hybridized carbons (Fsp3) is 1.00. The first-order valence-corrected chi connectivity index (χ1v) is 2.89. The summed E-state index contributed by atoms with van der Waals surface area (Å²) in [6.45, 7) is 1.07. The predicted molar refractivity (Wildman–Crippen MR) is 35.8 cm³/mol. The molecule has 0 bridgehead atoms. The summed E-state index contributed by atoms with van der Waals surface area (Å²) in [5, 5.41) is 0. The highest BCUT2D eigenvalue weighted by atomic mass is 16.4. The summed E-state index contributed by atoms with van der Waals surface area (Å²) in [6, 6.07) is 0. The van der Waals surface area contributed by atoms with E-state index in [2.05, 4.69) is 0 Å². The van der Waals surface area contributed by atoms with Crippen LogP contribution in [0.4, 0.5) is 0 Å². The van der Waals surface area contributed by atoms with Crippen LogP contribution in [-0.2, 0) is 4.65 Å². The topological polar surface area (TPSA) is 61.3 Å². The van der Waals surface area contributed by atoms with Gasteiger partial charge in [0.05, 0.1) is 6.73 Å². The highest BCUT2D eigenvalue weighted by Gasteiger charge is 1.86. The van der Waals surface area contributed by atoms with Gasteiger partial charge in [-0.25, -0.2) is 0 Å². The summed E-state index contributed by atoms with van der Waals surface area (Å²) in [5.41, 5.74) is 10.3. The predicted octanol–water partition coefficient (Wildman–Crippen LogP) is -0.962. The lowest BCUT2D eigenvalue weighted by Crippen LogP contribution is -2.09. The van der Waals surface area contributed by atoms with Gasteiger partial charge in [0, 0.05) is 0 Å². The highest BCUT2D eigenvalue weighted by Crippen LogP contribution is 1.83. The zero-order valence-corrected chi connectivity index (χ0v) is 5.10. The average Bonchev–Trinajstić information content (AvgIpc) is 1.81. The number of hydrogen-bond donors (Lipinski definition) is 2. The first kappa shape index (κ1) is 7.94. The van der Waals surface area contributed by atoms with E-state index >= 15 is 0 Å². The molecule has 0 aromatic rings. The lowest BCUT2D eigenvalue weighted by atomic mass is 9.93. The summed E-state index contributed by atoms with van der Waals surface area (Å²) in [7, 11) is 0.744. The monoisotopic (exact) mass is 116 g/mol. The van der Waals surface area contributed by atoms with Gasteiger partial charge in [0.1, 0.15) is 0 Å². The van der Waals surface area contributed by atoms with Crippen LogP contribution in [0.2, 0.25) is 6.32 Å². The SMILES string of the molecule is NCCCBOCN. The minimum Gasteiger partial charge on any atom is -0.428 e. The Labute approximate surface area is 50.6 Å². The zero-order chi connectivity index (χ0) is 6.24. The van der Waals surface area contributed by atoms with E-state index in [-0.39, 0.29) is 0 Å². The standard InChI is InChI=1S/C4H13BN2O/c6-3-1-2-5-8-4-7/h5H,1-4,6-7H2. The fourth-order valence-corrected chi connectivity index (χ4v) is 0.432. The van der Waals surface area contributed by atoms with Crippen molar-refractivity contribution in [3.8, 4) is 0 Å². The lowest BCUT2D eigenvalue weighted by Gasteiger charge is -1.94. The van der Waals surface area contributed by atoms with Crippen LogP contribution in [0.1, 0.15) is 6.42 Å². The van der Waals surface area contributed by atoms with E-state index in [9.17, 15) is 0 Å². The Hall–Kier alpha value is -0.0551. The van der Waals surface area contributed by atoms with E-state index in [1.807, 2.05) is 0 Å². The third-order valence-corrected chi connectivity index (χ3v) is 0.861. The van der Waals surface area contributed by atoms with Crippen LogP contribution in [0.25, 0.3) is 0 Å². The maximum atomic E-state index is 5.22. The van der Waals surface area contributed by atoms with E-state index in [1.165, 1.54) is 0 Å². The molecule has 0 aliphatic rings. The van der Waals surface area contributed by atoms with Crippen LogP contribution in [0.5, 0.6) is 0 Å². The summed E-state index contributed by atoms with van der Waals surface area (Å²) >= 11 is 0. The van der Waals surface area contributed by atoms with Crippen LogP contribution >= 0.6 is 0 Å². The quantitative estimate of drug-likeness (QED) is 0.276. The molecule has 4 heteroatoms.